The number of hydrogen-bond donors (Lipinski definition) is 1. The lowest BCUT2D eigenvalue weighted by Gasteiger charge is -2.12. The molecule has 3 aromatic rings. The molecule has 0 aliphatic carbocycles. The lowest BCUT2D eigenvalue weighted by molar-refractivity contribution is 0.0683. The van der Waals surface area contributed by atoms with Gasteiger partial charge in [-0.2, -0.15) is 0 Å². The summed E-state index contributed by atoms with van der Waals surface area (Å²) in [5.74, 6) is -0.809. The van der Waals surface area contributed by atoms with Crippen LogP contribution in [-0.2, 0) is 16.4 Å². The van der Waals surface area contributed by atoms with E-state index in [1.54, 1.807) is 13.0 Å². The molecule has 0 saturated carbocycles. The van der Waals surface area contributed by atoms with Gasteiger partial charge in [0.1, 0.15) is 11.4 Å². The third-order valence-electron chi connectivity index (χ3n) is 5.93. The number of aryl methyl sites for hydroxylation is 2. The number of aromatic nitrogens is 1. The molecule has 2 aromatic carbocycles. The number of carbonyl (C=O) groups excluding carboxylic acids is 1. The van der Waals surface area contributed by atoms with Crippen molar-refractivity contribution in [2.24, 2.45) is 0 Å². The second-order valence-electron chi connectivity index (χ2n) is 8.51. The summed E-state index contributed by atoms with van der Waals surface area (Å²) in [5.41, 5.74) is 2.47. The summed E-state index contributed by atoms with van der Waals surface area (Å²) >= 11 is 6.20. The quantitative estimate of drug-likeness (QED) is 0.293. The molecule has 3 rings (SSSR count). The zero-order valence-electron chi connectivity index (χ0n) is 20.3. The average Bonchev–Trinajstić information content (AvgIpc) is 3.04. The molecule has 0 aliphatic rings. The van der Waals surface area contributed by atoms with E-state index in [9.17, 15) is 23.1 Å². The topological polar surface area (TPSA) is 103 Å². The number of aromatic carboxylic acids is 1. The van der Waals surface area contributed by atoms with Gasteiger partial charge in [-0.1, -0.05) is 23.7 Å². The largest absolute Gasteiger partial charge is 0.494 e. The number of rotatable bonds is 9. The monoisotopic (exact) mass is 517 g/mol. The van der Waals surface area contributed by atoms with Crippen molar-refractivity contribution in [2.45, 2.75) is 57.4 Å². The van der Waals surface area contributed by atoms with Gasteiger partial charge in [0.25, 0.3) is 0 Å². The molecule has 186 valence electrons. The van der Waals surface area contributed by atoms with E-state index in [1.807, 2.05) is 26.0 Å². The number of ketones is 1. The van der Waals surface area contributed by atoms with Crippen LogP contribution >= 0.6 is 11.6 Å². The second-order valence-corrected chi connectivity index (χ2v) is 10.8. The molecule has 0 aliphatic heterocycles. The third kappa shape index (κ3) is 5.28. The summed E-state index contributed by atoms with van der Waals surface area (Å²) in [4.78, 5) is 23.7. The number of Topliss-reactive ketones (excluding diaryl/α,β-unsaturated/α-hetero) is 1. The Hall–Kier alpha value is -3.10. The van der Waals surface area contributed by atoms with Crippen molar-refractivity contribution in [1.29, 1.82) is 0 Å². The van der Waals surface area contributed by atoms with Crippen molar-refractivity contribution in [1.82, 2.24) is 4.57 Å². The molecule has 7 nitrogen and oxygen atoms in total. The highest BCUT2D eigenvalue weighted by Crippen LogP contribution is 2.32. The maximum atomic E-state index is 13.5. The minimum Gasteiger partial charge on any atom is -0.494 e. The van der Waals surface area contributed by atoms with Gasteiger partial charge in [-0.15, -0.1) is 0 Å². The van der Waals surface area contributed by atoms with Gasteiger partial charge >= 0.3 is 5.97 Å². The predicted molar refractivity (Wildman–Crippen MR) is 134 cm³/mol. The van der Waals surface area contributed by atoms with E-state index in [0.29, 0.717) is 29.5 Å². The molecule has 0 fully saturated rings. The Kier molecular flexibility index (Phi) is 7.77. The molecule has 1 aromatic heterocycles. The molecule has 0 spiro atoms. The lowest BCUT2D eigenvalue weighted by Crippen LogP contribution is -2.13. The van der Waals surface area contributed by atoms with Crippen LogP contribution in [0.15, 0.2) is 46.2 Å². The Labute approximate surface area is 210 Å². The molecule has 0 unspecified atom stereocenters. The number of sulfone groups is 1. The number of carbonyl (C=O) groups is 2. The molecule has 1 N–H and O–H groups in total. The number of nitrogens with zero attached hydrogens (tertiary/aromatic N) is 1. The maximum absolute atomic E-state index is 13.5. The number of ether oxygens (including phenoxy) is 1. The maximum Gasteiger partial charge on any atom is 0.352 e. The molecule has 1 heterocycles. The average molecular weight is 518 g/mol. The molecular weight excluding hydrogens is 490 g/mol. The smallest absolute Gasteiger partial charge is 0.352 e. The van der Waals surface area contributed by atoms with Gasteiger partial charge in [0.05, 0.1) is 16.4 Å². The van der Waals surface area contributed by atoms with Crippen LogP contribution in [0.3, 0.4) is 0 Å². The van der Waals surface area contributed by atoms with Crippen LogP contribution < -0.4 is 4.74 Å². The Balaban J connectivity index is 1.91. The first kappa shape index (κ1) is 26.5. The van der Waals surface area contributed by atoms with E-state index in [0.717, 1.165) is 11.1 Å². The molecule has 0 radical (unpaired) electrons. The summed E-state index contributed by atoms with van der Waals surface area (Å²) < 4.78 is 34.3. The molecule has 0 bridgehead atoms. The molecule has 35 heavy (non-hydrogen) atoms. The van der Waals surface area contributed by atoms with Gasteiger partial charge in [0, 0.05) is 28.4 Å². The first-order valence-corrected chi connectivity index (χ1v) is 12.9. The summed E-state index contributed by atoms with van der Waals surface area (Å²) in [5, 5.41) is 10.5. The standard InChI is InChI=1S/C26H28ClNO6S/c1-15-12-21(13-16(2)23(15)27)34-11-7-10-28-18(4)25(17(3)24(28)26(30)31)35(32,33)22-9-6-8-20(14-22)19(5)29/h6,8-9,12-14H,7,10-11H2,1-5H3,(H,30,31). The van der Waals surface area contributed by atoms with Crippen molar-refractivity contribution >= 4 is 33.2 Å². The van der Waals surface area contributed by atoms with Gasteiger partial charge in [0.2, 0.25) is 9.84 Å². The summed E-state index contributed by atoms with van der Waals surface area (Å²) in [7, 11) is -4.06. The van der Waals surface area contributed by atoms with E-state index in [-0.39, 0.29) is 38.9 Å². The van der Waals surface area contributed by atoms with Gasteiger partial charge < -0.3 is 14.4 Å². The molecule has 0 amide bonds. The highest BCUT2D eigenvalue weighted by molar-refractivity contribution is 7.91. The van der Waals surface area contributed by atoms with Crippen LogP contribution in [-0.4, -0.2) is 36.5 Å². The number of benzene rings is 2. The van der Waals surface area contributed by atoms with Crippen molar-refractivity contribution < 1.29 is 27.9 Å². The van der Waals surface area contributed by atoms with Gasteiger partial charge in [-0.3, -0.25) is 4.79 Å². The van der Waals surface area contributed by atoms with Crippen molar-refractivity contribution in [3.05, 3.63) is 75.1 Å². The van der Waals surface area contributed by atoms with Crippen LogP contribution in [0.1, 0.15) is 56.6 Å². The normalized spacial score (nSPS) is 11.5. The van der Waals surface area contributed by atoms with E-state index in [2.05, 4.69) is 0 Å². The Morgan fingerprint density at radius 2 is 1.69 bits per heavy atom. The van der Waals surface area contributed by atoms with Gasteiger partial charge in [-0.05, 0) is 76.4 Å². The van der Waals surface area contributed by atoms with Crippen molar-refractivity contribution in [3.8, 4) is 5.75 Å². The Bertz CT molecular complexity index is 1400. The second kappa shape index (κ2) is 10.3. The fourth-order valence-corrected chi connectivity index (χ4v) is 6.11. The lowest BCUT2D eigenvalue weighted by atomic mass is 10.1. The first-order chi connectivity index (χ1) is 16.4. The van der Waals surface area contributed by atoms with Crippen LogP contribution in [0.25, 0.3) is 0 Å². The number of hydrogen-bond acceptors (Lipinski definition) is 5. The number of carboxylic acid groups (broad SMARTS) is 1. The summed E-state index contributed by atoms with van der Waals surface area (Å²) in [6, 6.07) is 9.44. The number of halogens is 1. The van der Waals surface area contributed by atoms with Crippen LogP contribution in [0.5, 0.6) is 5.75 Å². The Morgan fingerprint density at radius 1 is 1.06 bits per heavy atom. The zero-order chi connectivity index (χ0) is 26.1. The fraction of sp³-hybridized carbons (Fsp3) is 0.308. The third-order valence-corrected chi connectivity index (χ3v) is 8.54. The van der Waals surface area contributed by atoms with Crippen LogP contribution in [0, 0.1) is 27.7 Å². The Morgan fingerprint density at radius 3 is 2.26 bits per heavy atom. The molecule has 0 saturated heterocycles. The van der Waals surface area contributed by atoms with E-state index in [4.69, 9.17) is 16.3 Å². The summed E-state index contributed by atoms with van der Waals surface area (Å²) in [6.07, 6.45) is 0.454. The van der Waals surface area contributed by atoms with Gasteiger partial charge in [0.15, 0.2) is 5.78 Å². The SMILES string of the molecule is CC(=O)c1cccc(S(=O)(=O)c2c(C)c(C(=O)O)n(CCCOc3cc(C)c(Cl)c(C)c3)c2C)c1. The summed E-state index contributed by atoms with van der Waals surface area (Å²) in [6.45, 7) is 8.78. The van der Waals surface area contributed by atoms with Crippen molar-refractivity contribution in [2.75, 3.05) is 6.61 Å². The van der Waals surface area contributed by atoms with Crippen molar-refractivity contribution in [3.63, 3.8) is 0 Å². The van der Waals surface area contributed by atoms with E-state index < -0.39 is 15.8 Å². The van der Waals surface area contributed by atoms with E-state index >= 15 is 0 Å². The zero-order valence-corrected chi connectivity index (χ0v) is 21.9. The first-order valence-electron chi connectivity index (χ1n) is 11.0. The predicted octanol–water partition coefficient (Wildman–Crippen LogP) is 5.58. The van der Waals surface area contributed by atoms with Crippen LogP contribution in [0.2, 0.25) is 5.02 Å². The fourth-order valence-electron chi connectivity index (χ4n) is 4.23. The van der Waals surface area contributed by atoms with E-state index in [1.165, 1.54) is 36.6 Å². The molecular formula is C26H28ClNO6S. The van der Waals surface area contributed by atoms with Crippen LogP contribution in [0.4, 0.5) is 0 Å². The highest BCUT2D eigenvalue weighted by atomic mass is 35.5. The number of carboxylic acids is 1. The minimum absolute atomic E-state index is 0.0534. The van der Waals surface area contributed by atoms with Gasteiger partial charge in [-0.25, -0.2) is 13.2 Å². The molecule has 0 atom stereocenters. The minimum atomic E-state index is -4.06. The molecule has 9 heteroatoms. The highest BCUT2D eigenvalue weighted by Gasteiger charge is 2.31.